The van der Waals surface area contributed by atoms with Gasteiger partial charge in [0.2, 0.25) is 5.89 Å². The van der Waals surface area contributed by atoms with Crippen molar-refractivity contribution in [2.45, 2.75) is 12.5 Å². The Balaban J connectivity index is 1.05. The summed E-state index contributed by atoms with van der Waals surface area (Å²) in [6.07, 6.45) is 6.74. The lowest BCUT2D eigenvalue weighted by atomic mass is 10.1. The fourth-order valence-corrected chi connectivity index (χ4v) is 5.33. The summed E-state index contributed by atoms with van der Waals surface area (Å²) in [6, 6.07) is 12.7. The van der Waals surface area contributed by atoms with Crippen LogP contribution in [0.4, 0.5) is 5.69 Å². The first kappa shape index (κ1) is 20.1. The van der Waals surface area contributed by atoms with Gasteiger partial charge < -0.3 is 14.0 Å². The second-order valence-corrected chi connectivity index (χ2v) is 9.30. The van der Waals surface area contributed by atoms with Gasteiger partial charge in [-0.2, -0.15) is 4.98 Å². The minimum Gasteiger partial charge on any atom is -0.371 e. The van der Waals surface area contributed by atoms with Gasteiger partial charge in [0, 0.05) is 49.7 Å². The van der Waals surface area contributed by atoms with Gasteiger partial charge in [-0.05, 0) is 35.6 Å². The Kier molecular flexibility index (Phi) is 4.35. The highest BCUT2D eigenvalue weighted by Crippen LogP contribution is 2.58. The van der Waals surface area contributed by atoms with Crippen molar-refractivity contribution in [2.24, 2.45) is 18.9 Å². The third kappa shape index (κ3) is 3.32. The van der Waals surface area contributed by atoms with Crippen molar-refractivity contribution in [3.05, 3.63) is 83.5 Å². The van der Waals surface area contributed by atoms with Gasteiger partial charge >= 0.3 is 0 Å². The van der Waals surface area contributed by atoms with E-state index in [1.165, 1.54) is 22.1 Å². The topological polar surface area (TPSA) is 108 Å². The van der Waals surface area contributed by atoms with Crippen molar-refractivity contribution in [3.8, 4) is 11.1 Å². The van der Waals surface area contributed by atoms with Crippen LogP contribution in [0.15, 0.2) is 70.8 Å². The molecule has 0 radical (unpaired) electrons. The largest absolute Gasteiger partial charge is 0.371 e. The molecule has 1 aliphatic carbocycles. The van der Waals surface area contributed by atoms with E-state index < -0.39 is 0 Å². The van der Waals surface area contributed by atoms with E-state index in [0.717, 1.165) is 24.5 Å². The van der Waals surface area contributed by atoms with E-state index in [1.807, 2.05) is 12.3 Å². The van der Waals surface area contributed by atoms with Gasteiger partial charge in [-0.15, -0.1) is 0 Å². The van der Waals surface area contributed by atoms with Crippen molar-refractivity contribution in [1.29, 1.82) is 0 Å². The van der Waals surface area contributed by atoms with Crippen LogP contribution >= 0.6 is 0 Å². The number of benzene rings is 1. The van der Waals surface area contributed by atoms with Crippen LogP contribution in [0.2, 0.25) is 0 Å². The minimum atomic E-state index is -0.179. The molecule has 0 spiro atoms. The second-order valence-electron chi connectivity index (χ2n) is 9.30. The lowest BCUT2D eigenvalue weighted by Crippen LogP contribution is -2.24. The molecule has 0 N–H and O–H groups in total. The summed E-state index contributed by atoms with van der Waals surface area (Å²) in [4.78, 5) is 32.4. The molecule has 2 aliphatic rings. The number of hydrogen-bond donors (Lipinski definition) is 0. The van der Waals surface area contributed by atoms with E-state index in [-0.39, 0.29) is 12.1 Å². The van der Waals surface area contributed by atoms with Gasteiger partial charge in [-0.1, -0.05) is 23.4 Å². The van der Waals surface area contributed by atoms with Crippen LogP contribution in [-0.2, 0) is 13.6 Å². The summed E-state index contributed by atoms with van der Waals surface area (Å²) < 4.78 is 8.65. The molecule has 4 aromatic heterocycles. The smallest absolute Gasteiger partial charge is 0.280 e. The predicted molar refractivity (Wildman–Crippen MR) is 128 cm³/mol. The number of hydrogen-bond acceptors (Lipinski definition) is 8. The zero-order valence-corrected chi connectivity index (χ0v) is 19.0. The van der Waals surface area contributed by atoms with E-state index in [1.54, 1.807) is 24.1 Å². The molecule has 1 saturated carbocycles. The van der Waals surface area contributed by atoms with Gasteiger partial charge in [-0.3, -0.25) is 14.3 Å². The molecule has 0 amide bonds. The summed E-state index contributed by atoms with van der Waals surface area (Å²) in [6.45, 7) is 2.13. The van der Waals surface area contributed by atoms with Gasteiger partial charge in [0.1, 0.15) is 12.9 Å². The first-order valence-electron chi connectivity index (χ1n) is 11.6. The number of aromatic nitrogens is 7. The average Bonchev–Trinajstić information content (AvgIpc) is 3.30. The van der Waals surface area contributed by atoms with Crippen LogP contribution in [0, 0.1) is 11.8 Å². The number of pyridine rings is 1. The average molecular weight is 467 g/mol. The number of rotatable bonds is 5. The quantitative estimate of drug-likeness (QED) is 0.389. The Bertz CT molecular complexity index is 1590. The number of anilines is 1. The van der Waals surface area contributed by atoms with Crippen molar-refractivity contribution < 1.29 is 4.52 Å². The molecule has 35 heavy (non-hydrogen) atoms. The molecule has 1 aromatic carbocycles. The van der Waals surface area contributed by atoms with Gasteiger partial charge in [0.25, 0.3) is 5.56 Å². The van der Waals surface area contributed by atoms with Crippen molar-refractivity contribution in [1.82, 2.24) is 34.2 Å². The van der Waals surface area contributed by atoms with Crippen molar-refractivity contribution in [3.63, 3.8) is 0 Å². The Morgan fingerprint density at radius 1 is 1.06 bits per heavy atom. The molecular formula is C25H22N8O2. The first-order chi connectivity index (χ1) is 17.2. The molecule has 1 saturated heterocycles. The standard InChI is InChI=1S/C25H22N8O2/c1-31-13-27-24-22(31)25(34)33(14-28-24)12-20-29-23(30-35-20)21-18-10-32(11-19(18)21)17-6-2-4-15(8-17)16-5-3-7-26-9-16/h2-9,13-14,18-19,21H,10-12H2,1H3/t18-,19+,21+. The molecular weight excluding hydrogens is 444 g/mol. The molecule has 10 heteroatoms. The second kappa shape index (κ2) is 7.59. The van der Waals surface area contributed by atoms with Crippen molar-refractivity contribution in [2.75, 3.05) is 18.0 Å². The highest BCUT2D eigenvalue weighted by Gasteiger charge is 2.58. The fraction of sp³-hybridized carbons (Fsp3) is 0.280. The first-order valence-corrected chi connectivity index (χ1v) is 11.6. The van der Waals surface area contributed by atoms with E-state index in [9.17, 15) is 4.79 Å². The molecule has 5 heterocycles. The van der Waals surface area contributed by atoms with Crippen LogP contribution in [0.1, 0.15) is 17.6 Å². The maximum Gasteiger partial charge on any atom is 0.280 e. The van der Waals surface area contributed by atoms with E-state index in [0.29, 0.717) is 34.8 Å². The molecule has 10 nitrogen and oxygen atoms in total. The molecule has 174 valence electrons. The molecule has 5 aromatic rings. The number of piperidine rings is 1. The molecule has 0 bridgehead atoms. The maximum absolute atomic E-state index is 12.8. The molecule has 1 aliphatic heterocycles. The van der Waals surface area contributed by atoms with Crippen LogP contribution in [0.5, 0.6) is 0 Å². The number of aryl methyl sites for hydroxylation is 1. The summed E-state index contributed by atoms with van der Waals surface area (Å²) in [5, 5.41) is 4.24. The number of fused-ring (bicyclic) bond motifs is 2. The predicted octanol–water partition coefficient (Wildman–Crippen LogP) is 2.47. The normalized spacial score (nSPS) is 20.9. The van der Waals surface area contributed by atoms with Crippen LogP contribution in [-0.4, -0.2) is 47.3 Å². The maximum atomic E-state index is 12.8. The molecule has 3 atom stereocenters. The zero-order chi connectivity index (χ0) is 23.5. The molecule has 0 unspecified atom stereocenters. The highest BCUT2D eigenvalue weighted by atomic mass is 16.5. The van der Waals surface area contributed by atoms with E-state index in [4.69, 9.17) is 4.52 Å². The lowest BCUT2D eigenvalue weighted by Gasteiger charge is -2.22. The Labute approximate surface area is 199 Å². The zero-order valence-electron chi connectivity index (χ0n) is 19.0. The van der Waals surface area contributed by atoms with Gasteiger partial charge in [0.05, 0.1) is 6.33 Å². The van der Waals surface area contributed by atoms with Gasteiger partial charge in [0.15, 0.2) is 17.0 Å². The van der Waals surface area contributed by atoms with Crippen molar-refractivity contribution >= 4 is 16.9 Å². The summed E-state index contributed by atoms with van der Waals surface area (Å²) in [5.41, 5.74) is 4.22. The molecule has 7 rings (SSSR count). The summed E-state index contributed by atoms with van der Waals surface area (Å²) >= 11 is 0. The lowest BCUT2D eigenvalue weighted by molar-refractivity contribution is 0.363. The number of nitrogens with zero attached hydrogens (tertiary/aromatic N) is 8. The summed E-state index contributed by atoms with van der Waals surface area (Å²) in [5.74, 6) is 2.48. The van der Waals surface area contributed by atoms with Crippen LogP contribution < -0.4 is 10.5 Å². The Morgan fingerprint density at radius 3 is 2.71 bits per heavy atom. The Morgan fingerprint density at radius 2 is 1.89 bits per heavy atom. The highest BCUT2D eigenvalue weighted by molar-refractivity contribution is 5.69. The third-order valence-corrected chi connectivity index (χ3v) is 7.19. The fourth-order valence-electron chi connectivity index (χ4n) is 5.33. The third-order valence-electron chi connectivity index (χ3n) is 7.19. The minimum absolute atomic E-state index is 0.179. The van der Waals surface area contributed by atoms with E-state index in [2.05, 4.69) is 60.3 Å². The number of imidazole rings is 1. The summed E-state index contributed by atoms with van der Waals surface area (Å²) in [7, 11) is 1.78. The Hall–Kier alpha value is -4.34. The van der Waals surface area contributed by atoms with Crippen LogP contribution in [0.3, 0.4) is 0 Å². The van der Waals surface area contributed by atoms with E-state index >= 15 is 0 Å². The van der Waals surface area contributed by atoms with Crippen LogP contribution in [0.25, 0.3) is 22.3 Å². The monoisotopic (exact) mass is 466 g/mol. The SMILES string of the molecule is Cn1cnc2ncn(Cc3nc([C@H]4[C@@H]5CN(c6cccc(-c7cccnc7)c6)C[C@@H]54)no3)c(=O)c21. The molecule has 2 fully saturated rings. The van der Waals surface area contributed by atoms with Gasteiger partial charge in [-0.25, -0.2) is 9.97 Å².